The number of hydrogen-bond donors (Lipinski definition) is 2. The van der Waals surface area contributed by atoms with Gasteiger partial charge in [-0.3, -0.25) is 9.59 Å². The van der Waals surface area contributed by atoms with Crippen LogP contribution in [0, 0.1) is 5.41 Å². The molecule has 0 spiro atoms. The van der Waals surface area contributed by atoms with Gasteiger partial charge in [0.05, 0.1) is 20.3 Å². The van der Waals surface area contributed by atoms with E-state index in [1.807, 2.05) is 71.6 Å². The zero-order valence-corrected chi connectivity index (χ0v) is 24.8. The highest BCUT2D eigenvalue weighted by Gasteiger charge is 2.50. The van der Waals surface area contributed by atoms with Gasteiger partial charge >= 0.3 is 0 Å². The van der Waals surface area contributed by atoms with Gasteiger partial charge in [0.1, 0.15) is 11.8 Å². The van der Waals surface area contributed by atoms with Crippen LogP contribution in [-0.4, -0.2) is 69.3 Å². The maximum Gasteiger partial charge on any atom is 0.251 e. The highest BCUT2D eigenvalue weighted by molar-refractivity contribution is 5.98. The van der Waals surface area contributed by atoms with E-state index >= 15 is 0 Å². The van der Waals surface area contributed by atoms with E-state index in [9.17, 15) is 9.59 Å². The largest absolute Gasteiger partial charge is 0.497 e. The lowest BCUT2D eigenvalue weighted by atomic mass is 10.0. The highest BCUT2D eigenvalue weighted by atomic mass is 16.5. The molecule has 2 N–H and O–H groups in total. The van der Waals surface area contributed by atoms with E-state index in [-0.39, 0.29) is 23.8 Å². The fourth-order valence-electron chi connectivity index (χ4n) is 5.87. The molecule has 3 aromatic carbocycles. The number of methoxy groups -OCH3 is 1. The molecule has 2 fully saturated rings. The van der Waals surface area contributed by atoms with Crippen molar-refractivity contribution in [2.24, 2.45) is 5.41 Å². The first-order valence-corrected chi connectivity index (χ1v) is 15.1. The van der Waals surface area contributed by atoms with Crippen LogP contribution in [0.4, 0.5) is 0 Å². The molecule has 222 valence electrons. The van der Waals surface area contributed by atoms with E-state index < -0.39 is 6.04 Å². The zero-order chi connectivity index (χ0) is 29.4. The Bertz CT molecular complexity index is 1310. The summed E-state index contributed by atoms with van der Waals surface area (Å²) in [7, 11) is 1.69. The van der Waals surface area contributed by atoms with Crippen molar-refractivity contribution in [1.82, 2.24) is 15.5 Å². The molecule has 7 nitrogen and oxygen atoms in total. The summed E-state index contributed by atoms with van der Waals surface area (Å²) in [5.74, 6) is 1.09. The maximum atomic E-state index is 13.4. The summed E-state index contributed by atoms with van der Waals surface area (Å²) in [6.07, 6.45) is 4.27. The standard InChI is InChI=1S/C35H43N3O4/c1-35(23-31(35)28-15-17-30(41-2)18-16-28)25-36-19-22-42-24-32(34(40)38-20-7-4-8-21-38)37-33(39)29-13-11-27(12-14-29)26-9-5-3-6-10-26/h3,5-6,9-18,31-32,36H,4,7-8,19-25H2,1-2H3,(H,37,39)/t31-,32-,35?/m0/s1. The molecule has 7 heteroatoms. The number of carbonyl (C=O) groups excluding carboxylic acids is 2. The summed E-state index contributed by atoms with van der Waals surface area (Å²) in [5.41, 5.74) is 4.24. The first-order chi connectivity index (χ1) is 20.5. The van der Waals surface area contributed by atoms with Crippen LogP contribution >= 0.6 is 0 Å². The minimum Gasteiger partial charge on any atom is -0.497 e. The smallest absolute Gasteiger partial charge is 0.251 e. The molecule has 1 heterocycles. The van der Waals surface area contributed by atoms with Gasteiger partial charge < -0.3 is 25.0 Å². The Morgan fingerprint density at radius 1 is 0.929 bits per heavy atom. The summed E-state index contributed by atoms with van der Waals surface area (Å²) in [5, 5.41) is 6.49. The third kappa shape index (κ3) is 7.58. The van der Waals surface area contributed by atoms with E-state index in [1.54, 1.807) is 7.11 Å². The van der Waals surface area contributed by atoms with Gasteiger partial charge in [-0.05, 0) is 78.0 Å². The molecule has 0 aromatic heterocycles. The number of piperidine rings is 1. The predicted octanol–water partition coefficient (Wildman–Crippen LogP) is 5.27. The van der Waals surface area contributed by atoms with Gasteiger partial charge in [-0.15, -0.1) is 0 Å². The van der Waals surface area contributed by atoms with Crippen molar-refractivity contribution in [2.75, 3.05) is 46.5 Å². The summed E-state index contributed by atoms with van der Waals surface area (Å²) in [6, 6.07) is 25.2. The van der Waals surface area contributed by atoms with E-state index in [2.05, 4.69) is 29.7 Å². The number of nitrogens with one attached hydrogen (secondary N) is 2. The van der Waals surface area contributed by atoms with Crippen molar-refractivity contribution in [3.8, 4) is 16.9 Å². The second-order valence-electron chi connectivity index (χ2n) is 11.8. The number of benzene rings is 3. The SMILES string of the molecule is COc1ccc([C@@H]2CC2(C)CNCCOC[C@H](NC(=O)c2ccc(-c3ccccc3)cc2)C(=O)N2CCCCC2)cc1. The summed E-state index contributed by atoms with van der Waals surface area (Å²) in [4.78, 5) is 28.4. The van der Waals surface area contributed by atoms with Crippen LogP contribution in [0.2, 0.25) is 0 Å². The predicted molar refractivity (Wildman–Crippen MR) is 166 cm³/mol. The third-order valence-electron chi connectivity index (χ3n) is 8.63. The summed E-state index contributed by atoms with van der Waals surface area (Å²) in [6.45, 7) is 5.97. The molecule has 0 bridgehead atoms. The molecule has 1 aliphatic heterocycles. The number of rotatable bonds is 13. The number of likely N-dealkylation sites (tertiary alicyclic amines) is 1. The average molecular weight is 570 g/mol. The molecular weight excluding hydrogens is 526 g/mol. The molecule has 2 aliphatic rings. The Morgan fingerprint density at radius 3 is 2.31 bits per heavy atom. The second-order valence-corrected chi connectivity index (χ2v) is 11.8. The van der Waals surface area contributed by atoms with E-state index in [4.69, 9.17) is 9.47 Å². The lowest BCUT2D eigenvalue weighted by molar-refractivity contribution is -0.135. The van der Waals surface area contributed by atoms with Crippen molar-refractivity contribution in [3.63, 3.8) is 0 Å². The molecule has 42 heavy (non-hydrogen) atoms. The first kappa shape index (κ1) is 29.8. The van der Waals surface area contributed by atoms with Gasteiger partial charge in [-0.1, -0.05) is 61.5 Å². The number of hydrogen-bond acceptors (Lipinski definition) is 5. The van der Waals surface area contributed by atoms with E-state index in [0.717, 1.165) is 62.2 Å². The van der Waals surface area contributed by atoms with Crippen molar-refractivity contribution in [1.29, 1.82) is 0 Å². The molecule has 1 saturated heterocycles. The molecular formula is C35H43N3O4. The fourth-order valence-corrected chi connectivity index (χ4v) is 5.87. The molecule has 1 saturated carbocycles. The van der Waals surface area contributed by atoms with Crippen LogP contribution in [0.15, 0.2) is 78.9 Å². The Morgan fingerprint density at radius 2 is 1.62 bits per heavy atom. The van der Waals surface area contributed by atoms with Crippen molar-refractivity contribution in [3.05, 3.63) is 90.0 Å². The minimum atomic E-state index is -0.718. The number of ether oxygens (including phenoxy) is 2. The molecule has 3 aromatic rings. The number of carbonyl (C=O) groups is 2. The Labute approximate surface area is 249 Å². The van der Waals surface area contributed by atoms with Gasteiger partial charge in [0.2, 0.25) is 5.91 Å². The molecule has 3 atom stereocenters. The van der Waals surface area contributed by atoms with Gasteiger partial charge in [-0.25, -0.2) is 0 Å². The average Bonchev–Trinajstić information content (AvgIpc) is 3.73. The van der Waals surface area contributed by atoms with Gasteiger partial charge in [0, 0.05) is 31.7 Å². The summed E-state index contributed by atoms with van der Waals surface area (Å²) >= 11 is 0. The van der Waals surface area contributed by atoms with Crippen molar-refractivity contribution in [2.45, 2.75) is 44.6 Å². The van der Waals surface area contributed by atoms with Gasteiger partial charge in [0.25, 0.3) is 5.91 Å². The number of nitrogens with zero attached hydrogens (tertiary/aromatic N) is 1. The Hall–Kier alpha value is -3.68. The molecule has 0 radical (unpaired) electrons. The van der Waals surface area contributed by atoms with Crippen LogP contribution in [0.25, 0.3) is 11.1 Å². The lowest BCUT2D eigenvalue weighted by Gasteiger charge is -2.30. The van der Waals surface area contributed by atoms with Crippen molar-refractivity contribution >= 4 is 11.8 Å². The van der Waals surface area contributed by atoms with Gasteiger partial charge in [-0.2, -0.15) is 0 Å². The summed E-state index contributed by atoms with van der Waals surface area (Å²) < 4.78 is 11.2. The van der Waals surface area contributed by atoms with E-state index in [0.29, 0.717) is 24.6 Å². The normalized spacial score (nSPS) is 20.5. The minimum absolute atomic E-state index is 0.0651. The third-order valence-corrected chi connectivity index (χ3v) is 8.63. The Kier molecular flexibility index (Phi) is 9.93. The lowest BCUT2D eigenvalue weighted by Crippen LogP contribution is -2.52. The van der Waals surface area contributed by atoms with Crippen LogP contribution in [0.5, 0.6) is 5.75 Å². The second kappa shape index (κ2) is 14.0. The molecule has 2 amide bonds. The van der Waals surface area contributed by atoms with E-state index in [1.165, 1.54) is 5.56 Å². The van der Waals surface area contributed by atoms with Gasteiger partial charge in [0.15, 0.2) is 0 Å². The monoisotopic (exact) mass is 569 g/mol. The van der Waals surface area contributed by atoms with Crippen LogP contribution in [-0.2, 0) is 9.53 Å². The molecule has 5 rings (SSSR count). The van der Waals surface area contributed by atoms with Crippen LogP contribution in [0.3, 0.4) is 0 Å². The fraction of sp³-hybridized carbons (Fsp3) is 0.429. The van der Waals surface area contributed by atoms with Crippen molar-refractivity contribution < 1.29 is 19.1 Å². The molecule has 1 aliphatic carbocycles. The van der Waals surface area contributed by atoms with Crippen LogP contribution < -0.4 is 15.4 Å². The first-order valence-electron chi connectivity index (χ1n) is 15.1. The highest BCUT2D eigenvalue weighted by Crippen LogP contribution is 2.58. The topological polar surface area (TPSA) is 79.9 Å². The molecule has 1 unspecified atom stereocenters. The maximum absolute atomic E-state index is 13.4. The number of amides is 2. The zero-order valence-electron chi connectivity index (χ0n) is 24.8. The quantitative estimate of drug-likeness (QED) is 0.274. The van der Waals surface area contributed by atoms with Crippen LogP contribution in [0.1, 0.15) is 54.4 Å². The Balaban J connectivity index is 1.10.